The van der Waals surface area contributed by atoms with Gasteiger partial charge in [-0.1, -0.05) is 23.7 Å². The Labute approximate surface area is 152 Å². The lowest BCUT2D eigenvalue weighted by molar-refractivity contribution is 0.250. The van der Waals surface area contributed by atoms with Crippen molar-refractivity contribution in [3.8, 4) is 17.2 Å². The number of nitrogens with one attached hydrogen (secondary N) is 2. The summed E-state index contributed by atoms with van der Waals surface area (Å²) in [6, 6.07) is 12.1. The zero-order chi connectivity index (χ0) is 18.1. The van der Waals surface area contributed by atoms with E-state index in [-0.39, 0.29) is 6.03 Å². The van der Waals surface area contributed by atoms with Crippen molar-refractivity contribution in [3.63, 3.8) is 0 Å². The molecule has 2 rings (SSSR count). The van der Waals surface area contributed by atoms with Gasteiger partial charge in [0.15, 0.2) is 0 Å². The van der Waals surface area contributed by atoms with Crippen LogP contribution in [0.3, 0.4) is 0 Å². The van der Waals surface area contributed by atoms with Crippen LogP contribution < -0.4 is 24.8 Å². The fourth-order valence-corrected chi connectivity index (χ4v) is 2.28. The van der Waals surface area contributed by atoms with Crippen LogP contribution in [0.15, 0.2) is 42.5 Å². The molecule has 0 aliphatic heterocycles. The summed E-state index contributed by atoms with van der Waals surface area (Å²) in [6.45, 7) is 0.921. The number of amides is 2. The van der Waals surface area contributed by atoms with Crippen LogP contribution in [0.25, 0.3) is 0 Å². The van der Waals surface area contributed by atoms with Crippen molar-refractivity contribution in [2.24, 2.45) is 0 Å². The van der Waals surface area contributed by atoms with Gasteiger partial charge in [0.1, 0.15) is 17.2 Å². The van der Waals surface area contributed by atoms with Crippen LogP contribution in [-0.4, -0.2) is 33.4 Å². The summed E-state index contributed by atoms with van der Waals surface area (Å²) in [5.74, 6) is 1.81. The molecular formula is C18H21ClN2O4. The van der Waals surface area contributed by atoms with Gasteiger partial charge in [-0.15, -0.1) is 0 Å². The summed E-state index contributed by atoms with van der Waals surface area (Å²) in [4.78, 5) is 12.0. The Bertz CT molecular complexity index is 709. The number of halogens is 1. The van der Waals surface area contributed by atoms with Crippen LogP contribution in [0.2, 0.25) is 5.02 Å². The molecule has 134 valence electrons. The Morgan fingerprint density at radius 3 is 2.60 bits per heavy atom. The van der Waals surface area contributed by atoms with Gasteiger partial charge in [-0.25, -0.2) is 4.79 Å². The second-order valence-electron chi connectivity index (χ2n) is 5.08. The average molecular weight is 365 g/mol. The molecule has 7 heteroatoms. The minimum Gasteiger partial charge on any atom is -0.497 e. The molecule has 0 aromatic heterocycles. The highest BCUT2D eigenvalue weighted by Gasteiger charge is 2.08. The topological polar surface area (TPSA) is 68.8 Å². The standard InChI is InChI=1S/C18H21ClN2O4/c1-23-13-8-9-15(17(12-13)24-2)21-18(22)20-10-5-11-25-16-7-4-3-6-14(16)19/h3-4,6-9,12H,5,10-11H2,1-2H3,(H2,20,21,22). The fraction of sp³-hybridized carbons (Fsp3) is 0.278. The van der Waals surface area contributed by atoms with Gasteiger partial charge in [-0.05, 0) is 30.7 Å². The zero-order valence-corrected chi connectivity index (χ0v) is 14.9. The summed E-state index contributed by atoms with van der Waals surface area (Å²) >= 11 is 6.00. The molecule has 2 N–H and O–H groups in total. The first-order chi connectivity index (χ1) is 12.1. The van der Waals surface area contributed by atoms with E-state index in [1.807, 2.05) is 12.1 Å². The molecule has 0 saturated carbocycles. The van der Waals surface area contributed by atoms with Crippen molar-refractivity contribution in [2.45, 2.75) is 6.42 Å². The van der Waals surface area contributed by atoms with Gasteiger partial charge < -0.3 is 24.8 Å². The Balaban J connectivity index is 1.73. The molecular weight excluding hydrogens is 344 g/mol. The first-order valence-corrected chi connectivity index (χ1v) is 8.16. The van der Waals surface area contributed by atoms with Crippen molar-refractivity contribution >= 4 is 23.3 Å². The van der Waals surface area contributed by atoms with Crippen molar-refractivity contribution in [1.82, 2.24) is 5.32 Å². The second-order valence-corrected chi connectivity index (χ2v) is 5.49. The number of carbonyl (C=O) groups is 1. The van der Waals surface area contributed by atoms with Crippen LogP contribution in [-0.2, 0) is 0 Å². The Morgan fingerprint density at radius 2 is 1.88 bits per heavy atom. The van der Waals surface area contributed by atoms with Gasteiger partial charge in [0, 0.05) is 12.6 Å². The molecule has 0 aliphatic rings. The highest BCUT2D eigenvalue weighted by atomic mass is 35.5. The maximum absolute atomic E-state index is 12.0. The number of methoxy groups -OCH3 is 2. The molecule has 0 aliphatic carbocycles. The minimum absolute atomic E-state index is 0.318. The SMILES string of the molecule is COc1ccc(NC(=O)NCCCOc2ccccc2Cl)c(OC)c1. The molecule has 0 atom stereocenters. The number of para-hydroxylation sites is 1. The average Bonchev–Trinajstić information content (AvgIpc) is 2.63. The highest BCUT2D eigenvalue weighted by molar-refractivity contribution is 6.32. The molecule has 0 spiro atoms. The Morgan fingerprint density at radius 1 is 1.08 bits per heavy atom. The molecule has 25 heavy (non-hydrogen) atoms. The highest BCUT2D eigenvalue weighted by Crippen LogP contribution is 2.28. The molecule has 0 heterocycles. The molecule has 0 radical (unpaired) electrons. The summed E-state index contributed by atoms with van der Waals surface area (Å²) in [7, 11) is 3.10. The minimum atomic E-state index is -0.318. The van der Waals surface area contributed by atoms with Crippen LogP contribution in [0.5, 0.6) is 17.2 Å². The van der Waals surface area contributed by atoms with Gasteiger partial charge in [-0.2, -0.15) is 0 Å². The second kappa shape index (κ2) is 9.64. The van der Waals surface area contributed by atoms with Crippen LogP contribution in [0, 0.1) is 0 Å². The van der Waals surface area contributed by atoms with Crippen molar-refractivity contribution in [1.29, 1.82) is 0 Å². The molecule has 2 amide bonds. The normalized spacial score (nSPS) is 10.0. The fourth-order valence-electron chi connectivity index (χ4n) is 2.09. The maximum atomic E-state index is 12.0. The number of ether oxygens (including phenoxy) is 3. The maximum Gasteiger partial charge on any atom is 0.319 e. The van der Waals surface area contributed by atoms with E-state index in [9.17, 15) is 4.79 Å². The predicted octanol–water partition coefficient (Wildman–Crippen LogP) is 3.95. The monoisotopic (exact) mass is 364 g/mol. The van der Waals surface area contributed by atoms with Gasteiger partial charge in [0.05, 0.1) is 31.5 Å². The summed E-state index contributed by atoms with van der Waals surface area (Å²) in [6.07, 6.45) is 0.651. The lowest BCUT2D eigenvalue weighted by Gasteiger charge is -2.12. The molecule has 2 aromatic rings. The lowest BCUT2D eigenvalue weighted by atomic mass is 10.2. The zero-order valence-electron chi connectivity index (χ0n) is 14.2. The van der Waals surface area contributed by atoms with Gasteiger partial charge >= 0.3 is 6.03 Å². The predicted molar refractivity (Wildman–Crippen MR) is 98.1 cm³/mol. The first-order valence-electron chi connectivity index (χ1n) is 7.78. The van der Waals surface area contributed by atoms with Crippen molar-refractivity contribution in [3.05, 3.63) is 47.5 Å². The molecule has 0 saturated heterocycles. The number of benzene rings is 2. The molecule has 2 aromatic carbocycles. The van der Waals surface area contributed by atoms with Crippen molar-refractivity contribution in [2.75, 3.05) is 32.7 Å². The van der Waals surface area contributed by atoms with Crippen LogP contribution >= 0.6 is 11.6 Å². The summed E-state index contributed by atoms with van der Waals surface area (Å²) in [5.41, 5.74) is 0.563. The number of hydrogen-bond acceptors (Lipinski definition) is 4. The van der Waals surface area contributed by atoms with Crippen molar-refractivity contribution < 1.29 is 19.0 Å². The smallest absolute Gasteiger partial charge is 0.319 e. The number of urea groups is 1. The van der Waals surface area contributed by atoms with E-state index in [1.165, 1.54) is 7.11 Å². The Kier molecular flexibility index (Phi) is 7.22. The van der Waals surface area contributed by atoms with E-state index < -0.39 is 0 Å². The molecule has 6 nitrogen and oxygen atoms in total. The third-order valence-corrected chi connectivity index (χ3v) is 3.67. The van der Waals surface area contributed by atoms with E-state index >= 15 is 0 Å². The van der Waals surface area contributed by atoms with Crippen LogP contribution in [0.1, 0.15) is 6.42 Å². The Hall–Kier alpha value is -2.60. The molecule has 0 bridgehead atoms. The van der Waals surface area contributed by atoms with E-state index in [4.69, 9.17) is 25.8 Å². The number of hydrogen-bond donors (Lipinski definition) is 2. The first kappa shape index (κ1) is 18.7. The van der Waals surface area contributed by atoms with Crippen LogP contribution in [0.4, 0.5) is 10.5 Å². The van der Waals surface area contributed by atoms with E-state index in [0.29, 0.717) is 47.5 Å². The van der Waals surface area contributed by atoms with Gasteiger partial charge in [-0.3, -0.25) is 0 Å². The third-order valence-electron chi connectivity index (χ3n) is 3.36. The van der Waals surface area contributed by atoms with E-state index in [2.05, 4.69) is 10.6 Å². The summed E-state index contributed by atoms with van der Waals surface area (Å²) in [5, 5.41) is 6.07. The number of carbonyl (C=O) groups excluding carboxylic acids is 1. The molecule has 0 unspecified atom stereocenters. The number of rotatable bonds is 8. The number of anilines is 1. The van der Waals surface area contributed by atoms with Gasteiger partial charge in [0.25, 0.3) is 0 Å². The summed E-state index contributed by atoms with van der Waals surface area (Å²) < 4.78 is 15.9. The largest absolute Gasteiger partial charge is 0.497 e. The van der Waals surface area contributed by atoms with E-state index in [0.717, 1.165) is 0 Å². The third kappa shape index (κ3) is 5.76. The lowest BCUT2D eigenvalue weighted by Crippen LogP contribution is -2.30. The van der Waals surface area contributed by atoms with Gasteiger partial charge in [0.2, 0.25) is 0 Å². The molecule has 0 fully saturated rings. The van der Waals surface area contributed by atoms with E-state index in [1.54, 1.807) is 37.4 Å². The quantitative estimate of drug-likeness (QED) is 0.696.